The highest BCUT2D eigenvalue weighted by atomic mass is 16.1. The summed E-state index contributed by atoms with van der Waals surface area (Å²) in [5.74, 6) is 0.641. The molecular formula is C11H10N6O. The second kappa shape index (κ2) is 3.95. The fourth-order valence-electron chi connectivity index (χ4n) is 1.83. The summed E-state index contributed by atoms with van der Waals surface area (Å²) in [7, 11) is 1.77. The highest BCUT2D eigenvalue weighted by Crippen LogP contribution is 2.24. The van der Waals surface area contributed by atoms with Gasteiger partial charge >= 0.3 is 5.69 Å². The number of H-pyrrole nitrogens is 2. The average Bonchev–Trinajstić information content (AvgIpc) is 2.77. The van der Waals surface area contributed by atoms with Gasteiger partial charge in [-0.1, -0.05) is 6.07 Å². The van der Waals surface area contributed by atoms with Gasteiger partial charge in [-0.3, -0.25) is 0 Å². The van der Waals surface area contributed by atoms with E-state index in [1.165, 1.54) is 6.33 Å². The van der Waals surface area contributed by atoms with Gasteiger partial charge in [-0.05, 0) is 12.1 Å². The van der Waals surface area contributed by atoms with Crippen molar-refractivity contribution in [1.29, 1.82) is 0 Å². The summed E-state index contributed by atoms with van der Waals surface area (Å²) >= 11 is 0. The van der Waals surface area contributed by atoms with Crippen LogP contribution in [0, 0.1) is 0 Å². The average molecular weight is 242 g/mol. The maximum atomic E-state index is 11.2. The molecule has 18 heavy (non-hydrogen) atoms. The molecule has 3 rings (SSSR count). The largest absolute Gasteiger partial charge is 0.371 e. The van der Waals surface area contributed by atoms with Crippen LogP contribution in [0.5, 0.6) is 0 Å². The topological polar surface area (TPSA) is 99.3 Å². The molecule has 0 saturated heterocycles. The van der Waals surface area contributed by atoms with Crippen LogP contribution in [0.1, 0.15) is 0 Å². The maximum Gasteiger partial charge on any atom is 0.323 e. The minimum atomic E-state index is -0.228. The summed E-state index contributed by atoms with van der Waals surface area (Å²) in [6.07, 6.45) is 1.38. The van der Waals surface area contributed by atoms with Crippen LogP contribution in [0.3, 0.4) is 0 Å². The molecule has 3 aromatic rings. The van der Waals surface area contributed by atoms with Crippen LogP contribution in [-0.4, -0.2) is 32.2 Å². The quantitative estimate of drug-likeness (QED) is 0.615. The number of fused-ring (bicyclic) bond motifs is 1. The van der Waals surface area contributed by atoms with Crippen molar-refractivity contribution in [3.8, 4) is 11.3 Å². The molecule has 0 radical (unpaired) electrons. The summed E-state index contributed by atoms with van der Waals surface area (Å²) in [5.41, 5.74) is 2.73. The van der Waals surface area contributed by atoms with Crippen LogP contribution in [0.4, 0.5) is 5.82 Å². The Balaban J connectivity index is 2.21. The Bertz CT molecular complexity index is 759. The van der Waals surface area contributed by atoms with Crippen molar-refractivity contribution in [3.05, 3.63) is 35.0 Å². The number of aromatic amines is 2. The van der Waals surface area contributed by atoms with Gasteiger partial charge in [0.15, 0.2) is 5.82 Å². The number of anilines is 1. The molecule has 0 spiro atoms. The van der Waals surface area contributed by atoms with Gasteiger partial charge in [0, 0.05) is 12.6 Å². The number of aromatic nitrogens is 5. The van der Waals surface area contributed by atoms with Gasteiger partial charge in [0.05, 0.1) is 11.0 Å². The predicted molar refractivity (Wildman–Crippen MR) is 67.3 cm³/mol. The number of hydrogen-bond donors (Lipinski definition) is 3. The Morgan fingerprint density at radius 3 is 2.89 bits per heavy atom. The van der Waals surface area contributed by atoms with Crippen molar-refractivity contribution in [3.63, 3.8) is 0 Å². The highest BCUT2D eigenvalue weighted by Gasteiger charge is 2.08. The Morgan fingerprint density at radius 2 is 2.06 bits per heavy atom. The maximum absolute atomic E-state index is 11.2. The normalized spacial score (nSPS) is 10.7. The van der Waals surface area contributed by atoms with Crippen LogP contribution >= 0.6 is 0 Å². The molecule has 0 aliphatic carbocycles. The van der Waals surface area contributed by atoms with E-state index in [9.17, 15) is 4.79 Å². The third-order valence-electron chi connectivity index (χ3n) is 2.65. The van der Waals surface area contributed by atoms with E-state index in [0.717, 1.165) is 16.6 Å². The Hall–Kier alpha value is -2.70. The molecule has 0 atom stereocenters. The second-order valence-corrected chi connectivity index (χ2v) is 3.75. The fourth-order valence-corrected chi connectivity index (χ4v) is 1.83. The number of benzene rings is 1. The lowest BCUT2D eigenvalue weighted by Gasteiger charge is -2.05. The van der Waals surface area contributed by atoms with E-state index in [0.29, 0.717) is 11.5 Å². The zero-order chi connectivity index (χ0) is 12.5. The van der Waals surface area contributed by atoms with Gasteiger partial charge in [0.1, 0.15) is 12.0 Å². The van der Waals surface area contributed by atoms with Crippen LogP contribution in [0.2, 0.25) is 0 Å². The SMILES string of the molecule is CNc1ncnnc1-c1ccc2[nH]c(=O)[nH]c2c1. The third-order valence-corrected chi connectivity index (χ3v) is 2.65. The number of nitrogens with zero attached hydrogens (tertiary/aromatic N) is 3. The Kier molecular flexibility index (Phi) is 2.30. The molecule has 3 N–H and O–H groups in total. The Labute approximate surface area is 101 Å². The van der Waals surface area contributed by atoms with E-state index in [1.807, 2.05) is 18.2 Å². The zero-order valence-electron chi connectivity index (χ0n) is 9.56. The minimum Gasteiger partial charge on any atom is -0.371 e. The summed E-state index contributed by atoms with van der Waals surface area (Å²) < 4.78 is 0. The first-order valence-corrected chi connectivity index (χ1v) is 5.36. The van der Waals surface area contributed by atoms with Crippen molar-refractivity contribution in [1.82, 2.24) is 25.1 Å². The first-order valence-electron chi connectivity index (χ1n) is 5.36. The van der Waals surface area contributed by atoms with E-state index < -0.39 is 0 Å². The summed E-state index contributed by atoms with van der Waals surface area (Å²) in [4.78, 5) is 20.7. The van der Waals surface area contributed by atoms with E-state index in [4.69, 9.17) is 0 Å². The smallest absolute Gasteiger partial charge is 0.323 e. The highest BCUT2D eigenvalue weighted by molar-refractivity contribution is 5.83. The molecule has 2 aromatic heterocycles. The molecule has 0 saturated carbocycles. The van der Waals surface area contributed by atoms with E-state index in [-0.39, 0.29) is 5.69 Å². The predicted octanol–water partition coefficient (Wildman–Crippen LogP) is 0.750. The van der Waals surface area contributed by atoms with Gasteiger partial charge in [-0.25, -0.2) is 9.78 Å². The van der Waals surface area contributed by atoms with Crippen LogP contribution < -0.4 is 11.0 Å². The summed E-state index contributed by atoms with van der Waals surface area (Å²) in [6, 6.07) is 5.51. The lowest BCUT2D eigenvalue weighted by molar-refractivity contribution is 0.978. The van der Waals surface area contributed by atoms with Crippen molar-refractivity contribution >= 4 is 16.9 Å². The lowest BCUT2D eigenvalue weighted by atomic mass is 10.1. The van der Waals surface area contributed by atoms with Gasteiger partial charge in [0.25, 0.3) is 0 Å². The van der Waals surface area contributed by atoms with Crippen molar-refractivity contribution in [2.24, 2.45) is 0 Å². The van der Waals surface area contributed by atoms with Crippen molar-refractivity contribution < 1.29 is 0 Å². The molecule has 7 heteroatoms. The van der Waals surface area contributed by atoms with Gasteiger partial charge in [0.2, 0.25) is 0 Å². The second-order valence-electron chi connectivity index (χ2n) is 3.75. The van der Waals surface area contributed by atoms with E-state index >= 15 is 0 Å². The molecule has 0 aliphatic heterocycles. The molecule has 0 bridgehead atoms. The van der Waals surface area contributed by atoms with Crippen LogP contribution in [0.25, 0.3) is 22.3 Å². The molecular weight excluding hydrogens is 232 g/mol. The van der Waals surface area contributed by atoms with Crippen molar-refractivity contribution in [2.45, 2.75) is 0 Å². The summed E-state index contributed by atoms with van der Waals surface area (Å²) in [6.45, 7) is 0. The lowest BCUT2D eigenvalue weighted by Crippen LogP contribution is -1.99. The molecule has 0 fully saturated rings. The first-order chi connectivity index (χ1) is 8.78. The number of imidazole rings is 1. The molecule has 90 valence electrons. The van der Waals surface area contributed by atoms with E-state index in [2.05, 4.69) is 30.5 Å². The first kappa shape index (κ1) is 10.5. The van der Waals surface area contributed by atoms with E-state index in [1.54, 1.807) is 7.05 Å². The monoisotopic (exact) mass is 242 g/mol. The molecule has 7 nitrogen and oxygen atoms in total. The summed E-state index contributed by atoms with van der Waals surface area (Å²) in [5, 5.41) is 10.8. The van der Waals surface area contributed by atoms with Crippen LogP contribution in [-0.2, 0) is 0 Å². The number of nitrogens with one attached hydrogen (secondary N) is 3. The molecule has 0 unspecified atom stereocenters. The zero-order valence-corrected chi connectivity index (χ0v) is 9.56. The Morgan fingerprint density at radius 1 is 1.22 bits per heavy atom. The molecule has 0 aliphatic rings. The third kappa shape index (κ3) is 1.61. The van der Waals surface area contributed by atoms with Crippen LogP contribution in [0.15, 0.2) is 29.3 Å². The van der Waals surface area contributed by atoms with Gasteiger partial charge in [-0.2, -0.15) is 0 Å². The standard InChI is InChI=1S/C11H10N6O/c1-12-10-9(17-14-5-13-10)6-2-3-7-8(4-6)16-11(18)15-7/h2-5H,1H3,(H,12,13,14)(H2,15,16,18). The minimum absolute atomic E-state index is 0.228. The van der Waals surface area contributed by atoms with Gasteiger partial charge < -0.3 is 15.3 Å². The number of hydrogen-bond acceptors (Lipinski definition) is 5. The number of rotatable bonds is 2. The molecule has 0 amide bonds. The fraction of sp³-hybridized carbons (Fsp3) is 0.0909. The molecule has 1 aromatic carbocycles. The van der Waals surface area contributed by atoms with Crippen molar-refractivity contribution in [2.75, 3.05) is 12.4 Å². The molecule has 2 heterocycles. The van der Waals surface area contributed by atoms with Gasteiger partial charge in [-0.15, -0.1) is 10.2 Å².